The average Bonchev–Trinajstić information content (AvgIpc) is 3.12. The molecular formula is C21H28FN5O5S. The van der Waals surface area contributed by atoms with Crippen molar-refractivity contribution >= 4 is 27.6 Å². The third kappa shape index (κ3) is 6.38. The molecule has 2 N–H and O–H groups in total. The van der Waals surface area contributed by atoms with E-state index < -0.39 is 34.2 Å². The topological polar surface area (TPSA) is 113 Å². The Morgan fingerprint density at radius 1 is 1.24 bits per heavy atom. The summed E-state index contributed by atoms with van der Waals surface area (Å²) in [5.74, 6) is -0.434. The van der Waals surface area contributed by atoms with Crippen molar-refractivity contribution in [2.24, 2.45) is 0 Å². The summed E-state index contributed by atoms with van der Waals surface area (Å²) in [4.78, 5) is 16.4. The van der Waals surface area contributed by atoms with Gasteiger partial charge in [0.15, 0.2) is 0 Å². The molecule has 1 fully saturated rings. The maximum Gasteiger partial charge on any atom is 0.323 e. The number of pyridine rings is 1. The van der Waals surface area contributed by atoms with Gasteiger partial charge in [-0.1, -0.05) is 0 Å². The number of benzene rings is 1. The molecule has 1 aromatic carbocycles. The molecule has 180 valence electrons. The van der Waals surface area contributed by atoms with Crippen molar-refractivity contribution in [3.63, 3.8) is 0 Å². The number of amides is 2. The fourth-order valence-electron chi connectivity index (χ4n) is 3.50. The smallest absolute Gasteiger partial charge is 0.323 e. The Bertz CT molecular complexity index is 1080. The second-order valence-corrected chi connectivity index (χ2v) is 9.98. The van der Waals surface area contributed by atoms with Crippen LogP contribution in [0.1, 0.15) is 12.1 Å². The van der Waals surface area contributed by atoms with Crippen molar-refractivity contribution in [2.45, 2.75) is 25.5 Å². The number of carbonyl (C=O) groups excluding carboxylic acids is 1. The summed E-state index contributed by atoms with van der Waals surface area (Å²) in [5.41, 5.74) is 1.49. The Hall–Kier alpha value is -2.80. The van der Waals surface area contributed by atoms with Crippen molar-refractivity contribution in [3.05, 3.63) is 48.0 Å². The summed E-state index contributed by atoms with van der Waals surface area (Å²) in [6.45, 7) is 2.13. The third-order valence-corrected chi connectivity index (χ3v) is 7.01. The lowest BCUT2D eigenvalue weighted by atomic mass is 10.2. The third-order valence-electron chi connectivity index (χ3n) is 5.04. The van der Waals surface area contributed by atoms with Crippen LogP contribution in [-0.4, -0.2) is 74.5 Å². The van der Waals surface area contributed by atoms with Crippen LogP contribution in [0.15, 0.2) is 36.5 Å². The minimum atomic E-state index is -3.68. The number of nitrogens with zero attached hydrogens (tertiary/aromatic N) is 3. The number of anilines is 2. The number of hydrogen-bond acceptors (Lipinski definition) is 6. The van der Waals surface area contributed by atoms with Gasteiger partial charge in [-0.05, 0) is 25.1 Å². The molecule has 2 atom stereocenters. The van der Waals surface area contributed by atoms with Gasteiger partial charge in [-0.15, -0.1) is 0 Å². The molecule has 1 aliphatic heterocycles. The van der Waals surface area contributed by atoms with E-state index in [9.17, 15) is 17.6 Å². The molecule has 2 heterocycles. The summed E-state index contributed by atoms with van der Waals surface area (Å²) in [7, 11) is 0.729. The summed E-state index contributed by atoms with van der Waals surface area (Å²) in [5, 5.41) is 5.17. The van der Waals surface area contributed by atoms with E-state index in [1.165, 1.54) is 43.8 Å². The van der Waals surface area contributed by atoms with E-state index >= 15 is 0 Å². The molecule has 2 amide bonds. The van der Waals surface area contributed by atoms with Crippen molar-refractivity contribution < 1.29 is 27.1 Å². The summed E-state index contributed by atoms with van der Waals surface area (Å²) in [6.07, 6.45) is 1.38. The van der Waals surface area contributed by atoms with Crippen LogP contribution >= 0.6 is 0 Å². The molecular weight excluding hydrogens is 453 g/mol. The number of halogens is 1. The van der Waals surface area contributed by atoms with E-state index in [2.05, 4.69) is 15.6 Å². The van der Waals surface area contributed by atoms with E-state index in [-0.39, 0.29) is 24.6 Å². The Balaban J connectivity index is 1.69. The number of methoxy groups -OCH3 is 1. The first-order valence-electron chi connectivity index (χ1n) is 10.2. The molecule has 3 rings (SSSR count). The Kier molecular flexibility index (Phi) is 7.84. The first kappa shape index (κ1) is 24.8. The zero-order valence-electron chi connectivity index (χ0n) is 18.9. The van der Waals surface area contributed by atoms with Gasteiger partial charge < -0.3 is 20.1 Å². The fourth-order valence-corrected chi connectivity index (χ4v) is 4.80. The molecule has 0 radical (unpaired) electrons. The molecule has 10 nitrogen and oxygen atoms in total. The number of hydrogen-bond donors (Lipinski definition) is 2. The highest BCUT2D eigenvalue weighted by Gasteiger charge is 2.41. The van der Waals surface area contributed by atoms with Crippen LogP contribution < -0.4 is 15.4 Å². The first-order chi connectivity index (χ1) is 15.6. The van der Waals surface area contributed by atoms with Crippen LogP contribution in [0.25, 0.3) is 0 Å². The molecule has 12 heteroatoms. The van der Waals surface area contributed by atoms with Crippen molar-refractivity contribution in [1.29, 1.82) is 0 Å². The lowest BCUT2D eigenvalue weighted by Crippen LogP contribution is -2.44. The first-order valence-corrected chi connectivity index (χ1v) is 11.6. The maximum atomic E-state index is 14.2. The molecule has 0 unspecified atom stereocenters. The Morgan fingerprint density at radius 3 is 2.61 bits per heavy atom. The van der Waals surface area contributed by atoms with Gasteiger partial charge in [-0.25, -0.2) is 9.18 Å². The standard InChI is InChI=1S/C21H28FN5O5S/c1-14-5-6-16(11-23-14)24-21(28)25-17-7-15(22)8-19(9-17)32-20-10-18(13-31-4)27(12-20)33(29,30)26(2)3/h5-9,11,18,20H,10,12-13H2,1-4H3,(H2,24,25,28)/t18-,20-/m0/s1. The number of aromatic nitrogens is 1. The summed E-state index contributed by atoms with van der Waals surface area (Å²) in [6, 6.07) is 6.29. The molecule has 2 aromatic rings. The number of ether oxygens (including phenoxy) is 2. The Labute approximate surface area is 192 Å². The lowest BCUT2D eigenvalue weighted by Gasteiger charge is -2.26. The normalized spacial score (nSPS) is 19.0. The predicted octanol–water partition coefficient (Wildman–Crippen LogP) is 2.45. The number of nitrogens with one attached hydrogen (secondary N) is 2. The number of carbonyl (C=O) groups is 1. The minimum Gasteiger partial charge on any atom is -0.489 e. The number of urea groups is 1. The van der Waals surface area contributed by atoms with E-state index in [0.717, 1.165) is 16.1 Å². The zero-order valence-corrected chi connectivity index (χ0v) is 19.7. The summed E-state index contributed by atoms with van der Waals surface area (Å²) >= 11 is 0. The van der Waals surface area contributed by atoms with Crippen LogP contribution in [0.2, 0.25) is 0 Å². The Morgan fingerprint density at radius 2 is 1.97 bits per heavy atom. The monoisotopic (exact) mass is 481 g/mol. The van der Waals surface area contributed by atoms with Crippen LogP contribution in [0, 0.1) is 12.7 Å². The SMILES string of the molecule is COC[C@@H]1C[C@H](Oc2cc(F)cc(NC(=O)Nc3ccc(C)nc3)c2)CN1S(=O)(=O)N(C)C. The van der Waals surface area contributed by atoms with E-state index in [0.29, 0.717) is 12.1 Å². The molecule has 0 bridgehead atoms. The van der Waals surface area contributed by atoms with E-state index in [4.69, 9.17) is 9.47 Å². The van der Waals surface area contributed by atoms with Gasteiger partial charge in [0.1, 0.15) is 17.7 Å². The highest BCUT2D eigenvalue weighted by Crippen LogP contribution is 2.28. The van der Waals surface area contributed by atoms with Gasteiger partial charge in [0.05, 0.1) is 31.1 Å². The molecule has 33 heavy (non-hydrogen) atoms. The summed E-state index contributed by atoms with van der Waals surface area (Å²) < 4.78 is 53.0. The quantitative estimate of drug-likeness (QED) is 0.599. The average molecular weight is 482 g/mol. The van der Waals surface area contributed by atoms with Gasteiger partial charge in [-0.2, -0.15) is 17.0 Å². The van der Waals surface area contributed by atoms with Crippen LogP contribution in [-0.2, 0) is 14.9 Å². The van der Waals surface area contributed by atoms with E-state index in [1.807, 2.05) is 6.92 Å². The van der Waals surface area contributed by atoms with Crippen molar-refractivity contribution in [2.75, 3.05) is 45.0 Å². The molecule has 0 aliphatic carbocycles. The molecule has 1 saturated heterocycles. The van der Waals surface area contributed by atoms with Crippen LogP contribution in [0.4, 0.5) is 20.6 Å². The highest BCUT2D eigenvalue weighted by molar-refractivity contribution is 7.86. The lowest BCUT2D eigenvalue weighted by molar-refractivity contribution is 0.145. The maximum absolute atomic E-state index is 14.2. The van der Waals surface area contributed by atoms with Crippen molar-refractivity contribution in [3.8, 4) is 5.75 Å². The van der Waals surface area contributed by atoms with Crippen molar-refractivity contribution in [1.82, 2.24) is 13.6 Å². The molecule has 0 saturated carbocycles. The number of aryl methyl sites for hydroxylation is 1. The van der Waals surface area contributed by atoms with Gasteiger partial charge in [0.25, 0.3) is 10.2 Å². The van der Waals surface area contributed by atoms with Gasteiger partial charge in [0, 0.05) is 51.1 Å². The van der Waals surface area contributed by atoms with Crippen LogP contribution in [0.3, 0.4) is 0 Å². The largest absolute Gasteiger partial charge is 0.489 e. The van der Waals surface area contributed by atoms with Gasteiger partial charge in [-0.3, -0.25) is 4.98 Å². The molecule has 0 spiro atoms. The van der Waals surface area contributed by atoms with Crippen LogP contribution in [0.5, 0.6) is 5.75 Å². The zero-order chi connectivity index (χ0) is 24.2. The van der Waals surface area contributed by atoms with Gasteiger partial charge >= 0.3 is 6.03 Å². The highest BCUT2D eigenvalue weighted by atomic mass is 32.2. The second-order valence-electron chi connectivity index (χ2n) is 7.89. The second kappa shape index (κ2) is 10.4. The number of rotatable bonds is 8. The predicted molar refractivity (Wildman–Crippen MR) is 122 cm³/mol. The molecule has 1 aliphatic rings. The molecule has 1 aromatic heterocycles. The minimum absolute atomic E-state index is 0.0920. The van der Waals surface area contributed by atoms with Gasteiger partial charge in [0.2, 0.25) is 0 Å². The fraction of sp³-hybridized carbons (Fsp3) is 0.429. The van der Waals surface area contributed by atoms with E-state index in [1.54, 1.807) is 12.1 Å².